The maximum absolute atomic E-state index is 13.9. The molecule has 29 heavy (non-hydrogen) atoms. The summed E-state index contributed by atoms with van der Waals surface area (Å²) in [5, 5.41) is 17.5. The molecule has 1 fully saturated rings. The van der Waals surface area contributed by atoms with Crippen molar-refractivity contribution in [2.75, 3.05) is 19.7 Å². The van der Waals surface area contributed by atoms with Crippen LogP contribution >= 0.6 is 24.2 Å². The van der Waals surface area contributed by atoms with Crippen molar-refractivity contribution in [3.63, 3.8) is 0 Å². The van der Waals surface area contributed by atoms with E-state index in [1.165, 1.54) is 23.9 Å². The highest BCUT2D eigenvalue weighted by molar-refractivity contribution is 7.99. The van der Waals surface area contributed by atoms with Gasteiger partial charge in [0.1, 0.15) is 24.1 Å². The number of rotatable bonds is 4. The first-order valence-electron chi connectivity index (χ1n) is 8.91. The fourth-order valence-corrected chi connectivity index (χ4v) is 4.24. The zero-order chi connectivity index (χ0) is 19.7. The molecule has 0 spiro atoms. The molecule has 0 atom stereocenters. The van der Waals surface area contributed by atoms with Crippen molar-refractivity contribution >= 4 is 35.7 Å². The number of halogens is 3. The van der Waals surface area contributed by atoms with Gasteiger partial charge in [-0.25, -0.2) is 8.78 Å². The van der Waals surface area contributed by atoms with Gasteiger partial charge in [-0.15, -0.1) is 22.6 Å². The van der Waals surface area contributed by atoms with Gasteiger partial charge >= 0.3 is 0 Å². The molecule has 1 N–H and O–H groups in total. The molecule has 0 unspecified atom stereocenters. The first kappa shape index (κ1) is 21.5. The molecular formula is C19H19ClF2N4O2S. The maximum atomic E-state index is 13.9. The summed E-state index contributed by atoms with van der Waals surface area (Å²) in [6, 6.07) is 7.15. The molecule has 1 aliphatic heterocycles. The van der Waals surface area contributed by atoms with Crippen LogP contribution in [0, 0.1) is 11.6 Å². The molecule has 0 radical (unpaired) electrons. The van der Waals surface area contributed by atoms with Gasteiger partial charge in [-0.3, -0.25) is 9.20 Å². The Morgan fingerprint density at radius 2 is 1.93 bits per heavy atom. The van der Waals surface area contributed by atoms with Gasteiger partial charge in [0.05, 0.1) is 0 Å². The number of pyridine rings is 1. The Balaban J connectivity index is 0.00000240. The number of amides is 1. The first-order valence-corrected chi connectivity index (χ1v) is 9.73. The predicted octanol–water partition coefficient (Wildman–Crippen LogP) is 3.28. The summed E-state index contributed by atoms with van der Waals surface area (Å²) < 4.78 is 28.9. The van der Waals surface area contributed by atoms with E-state index in [2.05, 4.69) is 10.2 Å². The van der Waals surface area contributed by atoms with E-state index in [4.69, 9.17) is 5.11 Å². The van der Waals surface area contributed by atoms with Gasteiger partial charge in [-0.2, -0.15) is 0 Å². The average molecular weight is 441 g/mol. The van der Waals surface area contributed by atoms with Crippen LogP contribution in [0.15, 0.2) is 46.3 Å². The normalized spacial score (nSPS) is 14.8. The van der Waals surface area contributed by atoms with E-state index in [-0.39, 0.29) is 24.2 Å². The molecule has 3 heterocycles. The van der Waals surface area contributed by atoms with Gasteiger partial charge in [0.2, 0.25) is 5.91 Å². The van der Waals surface area contributed by atoms with Crippen LogP contribution in [0.3, 0.4) is 0 Å². The summed E-state index contributed by atoms with van der Waals surface area (Å²) in [6.07, 6.45) is 3.32. The van der Waals surface area contributed by atoms with Crippen LogP contribution < -0.4 is 0 Å². The maximum Gasteiger partial charge on any atom is 0.248 e. The lowest BCUT2D eigenvalue weighted by molar-refractivity contribution is -0.135. The molecule has 3 aromatic rings. The lowest BCUT2D eigenvalue weighted by atomic mass is 9.96. The molecule has 1 amide bonds. The minimum atomic E-state index is -0.607. The van der Waals surface area contributed by atoms with E-state index in [0.29, 0.717) is 23.6 Å². The Morgan fingerprint density at radius 1 is 1.17 bits per heavy atom. The van der Waals surface area contributed by atoms with E-state index >= 15 is 0 Å². The monoisotopic (exact) mass is 440 g/mol. The summed E-state index contributed by atoms with van der Waals surface area (Å²) in [4.78, 5) is 14.4. The second kappa shape index (κ2) is 9.06. The summed E-state index contributed by atoms with van der Waals surface area (Å²) in [5.41, 5.74) is 0.688. The molecule has 2 aromatic heterocycles. The Morgan fingerprint density at radius 3 is 2.62 bits per heavy atom. The van der Waals surface area contributed by atoms with Gasteiger partial charge < -0.3 is 10.0 Å². The third-order valence-corrected chi connectivity index (χ3v) is 5.90. The number of fused-ring (bicyclic) bond motifs is 1. The molecule has 1 aromatic carbocycles. The van der Waals surface area contributed by atoms with Crippen LogP contribution in [-0.4, -0.2) is 50.2 Å². The average Bonchev–Trinajstić information content (AvgIpc) is 3.13. The summed E-state index contributed by atoms with van der Waals surface area (Å²) in [6.45, 7) is 0.654. The van der Waals surface area contributed by atoms with E-state index < -0.39 is 18.2 Å². The van der Waals surface area contributed by atoms with Crippen molar-refractivity contribution in [3.8, 4) is 0 Å². The van der Waals surface area contributed by atoms with Crippen molar-refractivity contribution in [3.05, 3.63) is 54.0 Å². The molecule has 154 valence electrons. The van der Waals surface area contributed by atoms with Crippen LogP contribution in [0.4, 0.5) is 8.78 Å². The van der Waals surface area contributed by atoms with Gasteiger partial charge in [0.25, 0.3) is 0 Å². The lowest BCUT2D eigenvalue weighted by Crippen LogP contribution is -2.39. The van der Waals surface area contributed by atoms with E-state index in [0.717, 1.165) is 29.6 Å². The van der Waals surface area contributed by atoms with E-state index in [1.807, 2.05) is 22.7 Å². The zero-order valence-electron chi connectivity index (χ0n) is 15.3. The van der Waals surface area contributed by atoms with Crippen molar-refractivity contribution in [1.29, 1.82) is 0 Å². The Hall–Kier alpha value is -2.23. The molecular weight excluding hydrogens is 422 g/mol. The summed E-state index contributed by atoms with van der Waals surface area (Å²) >= 11 is 1.21. The van der Waals surface area contributed by atoms with Crippen LogP contribution in [0.5, 0.6) is 0 Å². The minimum absolute atomic E-state index is 0. The van der Waals surface area contributed by atoms with E-state index in [9.17, 15) is 13.6 Å². The second-order valence-corrected chi connectivity index (χ2v) is 7.76. The number of aliphatic hydroxyl groups excluding tert-OH is 1. The van der Waals surface area contributed by atoms with Crippen LogP contribution in [0.1, 0.15) is 24.6 Å². The molecule has 1 saturated heterocycles. The molecule has 6 nitrogen and oxygen atoms in total. The smallest absolute Gasteiger partial charge is 0.248 e. The summed E-state index contributed by atoms with van der Waals surface area (Å²) in [5.74, 6) is -0.530. The number of carbonyl (C=O) groups is 1. The SMILES string of the molecule is Cl.O=C(CO)N1CCC(c2nnc3ccc(Sc4ccc(F)cc4F)cn23)CC1. The largest absolute Gasteiger partial charge is 0.387 e. The van der Waals surface area contributed by atoms with Crippen molar-refractivity contribution in [1.82, 2.24) is 19.5 Å². The standard InChI is InChI=1S/C19H18F2N4O2S.ClH/c20-13-1-3-16(15(21)9-13)28-14-2-4-17-22-23-19(25(17)10-14)12-5-7-24(8-6-12)18(27)11-26;/h1-4,9-10,12,26H,5-8,11H2;1H. The van der Waals surface area contributed by atoms with E-state index in [1.54, 1.807) is 4.90 Å². The van der Waals surface area contributed by atoms with Gasteiger partial charge in [0, 0.05) is 41.1 Å². The van der Waals surface area contributed by atoms with Gasteiger partial charge in [-0.05, 0) is 37.1 Å². The van der Waals surface area contributed by atoms with Crippen LogP contribution in [0.25, 0.3) is 5.65 Å². The third-order valence-electron chi connectivity index (χ3n) is 4.87. The van der Waals surface area contributed by atoms with Crippen LogP contribution in [0.2, 0.25) is 0 Å². The second-order valence-electron chi connectivity index (χ2n) is 6.64. The predicted molar refractivity (Wildman–Crippen MR) is 106 cm³/mol. The number of aromatic nitrogens is 3. The highest BCUT2D eigenvalue weighted by Gasteiger charge is 2.26. The molecule has 0 saturated carbocycles. The minimum Gasteiger partial charge on any atom is -0.387 e. The quantitative estimate of drug-likeness (QED) is 0.674. The van der Waals surface area contributed by atoms with Gasteiger partial charge in [0.15, 0.2) is 5.65 Å². The zero-order valence-corrected chi connectivity index (χ0v) is 16.9. The molecule has 0 bridgehead atoms. The van der Waals surface area contributed by atoms with Crippen molar-refractivity contribution < 1.29 is 18.7 Å². The first-order chi connectivity index (χ1) is 13.5. The Kier molecular flexibility index (Phi) is 6.71. The fraction of sp³-hybridized carbons (Fsp3) is 0.316. The molecule has 4 rings (SSSR count). The van der Waals surface area contributed by atoms with Crippen molar-refractivity contribution in [2.24, 2.45) is 0 Å². The number of likely N-dealkylation sites (tertiary alicyclic amines) is 1. The Labute approximate surface area is 176 Å². The number of nitrogens with zero attached hydrogens (tertiary/aromatic N) is 4. The fourth-order valence-electron chi connectivity index (χ4n) is 3.40. The number of aliphatic hydroxyl groups is 1. The van der Waals surface area contributed by atoms with Crippen LogP contribution in [-0.2, 0) is 4.79 Å². The van der Waals surface area contributed by atoms with Crippen molar-refractivity contribution in [2.45, 2.75) is 28.6 Å². The number of benzene rings is 1. The Bertz CT molecular complexity index is 1020. The number of piperidine rings is 1. The topological polar surface area (TPSA) is 70.7 Å². The number of carbonyl (C=O) groups excluding carboxylic acids is 1. The third kappa shape index (κ3) is 4.52. The highest BCUT2D eigenvalue weighted by atomic mass is 35.5. The molecule has 10 heteroatoms. The highest BCUT2D eigenvalue weighted by Crippen LogP contribution is 2.32. The number of hydrogen-bond donors (Lipinski definition) is 1. The number of hydrogen-bond acceptors (Lipinski definition) is 5. The summed E-state index contributed by atoms with van der Waals surface area (Å²) in [7, 11) is 0. The lowest BCUT2D eigenvalue weighted by Gasteiger charge is -2.30. The molecule has 0 aliphatic carbocycles. The molecule has 1 aliphatic rings. The van der Waals surface area contributed by atoms with Gasteiger partial charge in [-0.1, -0.05) is 11.8 Å².